The second kappa shape index (κ2) is 8.12. The van der Waals surface area contributed by atoms with Crippen LogP contribution >= 0.6 is 11.6 Å². The van der Waals surface area contributed by atoms with Crippen molar-refractivity contribution in [2.45, 2.75) is 52.6 Å². The Hall–Kier alpha value is -1.52. The van der Waals surface area contributed by atoms with Gasteiger partial charge in [-0.05, 0) is 55.2 Å². The average Bonchev–Trinajstić information content (AvgIpc) is 3.02. The molecule has 4 nitrogen and oxygen atoms in total. The van der Waals surface area contributed by atoms with Gasteiger partial charge < -0.3 is 9.64 Å². The summed E-state index contributed by atoms with van der Waals surface area (Å²) in [5.41, 5.74) is 4.33. The van der Waals surface area contributed by atoms with E-state index in [9.17, 15) is 4.79 Å². The van der Waals surface area contributed by atoms with Crippen molar-refractivity contribution in [3.05, 3.63) is 40.4 Å². The SMILES string of the molecule is Cc1ccc(Cl)cc1N1CCN(C[C@H]2C(=O)O[C@H]3C[C@@]4(C)CCC[C@@H](C)C4=C[C@H]32)CC1. The molecule has 31 heavy (non-hydrogen) atoms. The third-order valence-electron chi connectivity index (χ3n) is 8.42. The average molecular weight is 443 g/mol. The van der Waals surface area contributed by atoms with E-state index < -0.39 is 0 Å². The van der Waals surface area contributed by atoms with Crippen LogP contribution in [-0.2, 0) is 9.53 Å². The normalized spacial score (nSPS) is 35.9. The summed E-state index contributed by atoms with van der Waals surface area (Å²) in [7, 11) is 0. The number of anilines is 1. The van der Waals surface area contributed by atoms with Crippen molar-refractivity contribution < 1.29 is 9.53 Å². The van der Waals surface area contributed by atoms with E-state index in [1.807, 2.05) is 6.07 Å². The second-order valence-electron chi connectivity index (χ2n) is 10.6. The summed E-state index contributed by atoms with van der Waals surface area (Å²) in [6, 6.07) is 6.12. The third-order valence-corrected chi connectivity index (χ3v) is 8.66. The molecule has 1 aromatic carbocycles. The van der Waals surface area contributed by atoms with Crippen molar-refractivity contribution in [3.63, 3.8) is 0 Å². The molecule has 2 aliphatic carbocycles. The van der Waals surface area contributed by atoms with Crippen molar-refractivity contribution in [1.29, 1.82) is 0 Å². The van der Waals surface area contributed by atoms with Crippen LogP contribution in [0.25, 0.3) is 0 Å². The summed E-state index contributed by atoms with van der Waals surface area (Å²) in [6.07, 6.45) is 7.37. The van der Waals surface area contributed by atoms with Crippen molar-refractivity contribution in [2.75, 3.05) is 37.6 Å². The fourth-order valence-electron chi connectivity index (χ4n) is 6.63. The lowest BCUT2D eigenvalue weighted by molar-refractivity contribution is -0.145. The summed E-state index contributed by atoms with van der Waals surface area (Å²) in [6.45, 7) is 11.6. The number of carbonyl (C=O) groups excluding carboxylic acids is 1. The lowest BCUT2D eigenvalue weighted by atomic mass is 9.59. The standard InChI is InChI=1S/C26H35ClN2O2/c1-17-5-4-8-26(3)15-24-20(14-22(17)26)21(25(30)31-24)16-28-9-11-29(12-10-28)23-13-19(27)7-6-18(23)2/h6-7,13-14,17,20-21,24H,4-5,8-12,15-16H2,1-3H3/t17-,20+,21-,24+,26-/m1/s1. The Kier molecular flexibility index (Phi) is 5.58. The molecule has 2 heterocycles. The minimum atomic E-state index is -0.0179. The summed E-state index contributed by atoms with van der Waals surface area (Å²) >= 11 is 6.23. The fourth-order valence-corrected chi connectivity index (χ4v) is 6.80. The lowest BCUT2D eigenvalue weighted by Gasteiger charge is -2.46. The number of rotatable bonds is 3. The molecule has 1 saturated carbocycles. The van der Waals surface area contributed by atoms with Crippen LogP contribution in [0.4, 0.5) is 5.69 Å². The third kappa shape index (κ3) is 3.91. The molecule has 0 bridgehead atoms. The van der Waals surface area contributed by atoms with Gasteiger partial charge in [0.05, 0.1) is 5.92 Å². The van der Waals surface area contributed by atoms with E-state index in [0.717, 1.165) is 44.2 Å². The van der Waals surface area contributed by atoms with Gasteiger partial charge in [-0.2, -0.15) is 0 Å². The Morgan fingerprint density at radius 2 is 2.00 bits per heavy atom. The zero-order chi connectivity index (χ0) is 21.8. The van der Waals surface area contributed by atoms with Crippen molar-refractivity contribution in [2.24, 2.45) is 23.2 Å². The predicted octanol–water partition coefficient (Wildman–Crippen LogP) is 5.08. The summed E-state index contributed by atoms with van der Waals surface area (Å²) in [5, 5.41) is 0.789. The highest BCUT2D eigenvalue weighted by molar-refractivity contribution is 6.30. The zero-order valence-corrected chi connectivity index (χ0v) is 19.8. The van der Waals surface area contributed by atoms with Crippen molar-refractivity contribution >= 4 is 23.3 Å². The molecule has 0 N–H and O–H groups in total. The topological polar surface area (TPSA) is 32.8 Å². The maximum absolute atomic E-state index is 12.9. The molecule has 0 aromatic heterocycles. The van der Waals surface area contributed by atoms with E-state index in [2.05, 4.69) is 48.8 Å². The van der Waals surface area contributed by atoms with Gasteiger partial charge in [-0.3, -0.25) is 9.69 Å². The van der Waals surface area contributed by atoms with Crippen molar-refractivity contribution in [1.82, 2.24) is 4.90 Å². The number of ether oxygens (including phenoxy) is 1. The molecule has 4 aliphatic rings. The smallest absolute Gasteiger partial charge is 0.311 e. The molecule has 5 rings (SSSR count). The Bertz CT molecular complexity index is 891. The number of allylic oxidation sites excluding steroid dienone is 1. The van der Waals surface area contributed by atoms with Crippen LogP contribution < -0.4 is 4.90 Å². The Morgan fingerprint density at radius 1 is 1.23 bits per heavy atom. The Balaban J connectivity index is 1.27. The van der Waals surface area contributed by atoms with Gasteiger partial charge in [-0.25, -0.2) is 0 Å². The highest BCUT2D eigenvalue weighted by atomic mass is 35.5. The minimum absolute atomic E-state index is 0.0179. The number of nitrogens with zero attached hydrogens (tertiary/aromatic N) is 2. The first kappa shape index (κ1) is 21.3. The Labute approximate surface area is 191 Å². The number of hydrogen-bond acceptors (Lipinski definition) is 4. The zero-order valence-electron chi connectivity index (χ0n) is 19.1. The second-order valence-corrected chi connectivity index (χ2v) is 11.0. The molecule has 0 spiro atoms. The minimum Gasteiger partial charge on any atom is -0.461 e. The molecule has 1 aromatic rings. The van der Waals surface area contributed by atoms with Crippen LogP contribution in [0.3, 0.4) is 0 Å². The quantitative estimate of drug-likeness (QED) is 0.482. The first-order valence-corrected chi connectivity index (χ1v) is 12.4. The predicted molar refractivity (Wildman–Crippen MR) is 126 cm³/mol. The van der Waals surface area contributed by atoms with Gasteiger partial charge in [0, 0.05) is 49.4 Å². The van der Waals surface area contributed by atoms with E-state index in [1.54, 1.807) is 5.57 Å². The number of aryl methyl sites for hydroxylation is 1. The van der Waals surface area contributed by atoms with Gasteiger partial charge in [0.1, 0.15) is 6.10 Å². The number of hydrogen-bond donors (Lipinski definition) is 0. The largest absolute Gasteiger partial charge is 0.461 e. The van der Waals surface area contributed by atoms with E-state index in [0.29, 0.717) is 5.92 Å². The van der Waals surface area contributed by atoms with Gasteiger partial charge in [-0.1, -0.05) is 49.6 Å². The summed E-state index contributed by atoms with van der Waals surface area (Å²) in [4.78, 5) is 17.8. The highest BCUT2D eigenvalue weighted by Gasteiger charge is 2.52. The van der Waals surface area contributed by atoms with Gasteiger partial charge in [-0.15, -0.1) is 0 Å². The molecule has 2 saturated heterocycles. The van der Waals surface area contributed by atoms with Crippen LogP contribution in [0.2, 0.25) is 5.02 Å². The highest BCUT2D eigenvalue weighted by Crippen LogP contribution is 2.54. The van der Waals surface area contributed by atoms with Crippen molar-refractivity contribution in [3.8, 4) is 0 Å². The van der Waals surface area contributed by atoms with Crippen LogP contribution in [0.1, 0.15) is 45.1 Å². The molecule has 3 fully saturated rings. The van der Waals surface area contributed by atoms with Crippen LogP contribution in [-0.4, -0.2) is 49.7 Å². The van der Waals surface area contributed by atoms with E-state index in [-0.39, 0.29) is 29.3 Å². The maximum atomic E-state index is 12.9. The number of esters is 1. The molecular weight excluding hydrogens is 408 g/mol. The first-order valence-electron chi connectivity index (χ1n) is 12.0. The number of carbonyl (C=O) groups is 1. The van der Waals surface area contributed by atoms with Gasteiger partial charge in [0.25, 0.3) is 0 Å². The lowest BCUT2D eigenvalue weighted by Crippen LogP contribution is -2.49. The summed E-state index contributed by atoms with van der Waals surface area (Å²) in [5.74, 6) is 0.898. The van der Waals surface area contributed by atoms with E-state index in [1.165, 1.54) is 30.5 Å². The maximum Gasteiger partial charge on any atom is 0.311 e. The van der Waals surface area contributed by atoms with Crippen LogP contribution in [0, 0.1) is 30.1 Å². The molecule has 168 valence electrons. The van der Waals surface area contributed by atoms with Crippen LogP contribution in [0.5, 0.6) is 0 Å². The van der Waals surface area contributed by atoms with Gasteiger partial charge >= 0.3 is 5.97 Å². The van der Waals surface area contributed by atoms with Crippen LogP contribution in [0.15, 0.2) is 29.8 Å². The molecule has 0 radical (unpaired) electrons. The molecule has 5 atom stereocenters. The Morgan fingerprint density at radius 3 is 2.77 bits per heavy atom. The number of piperazine rings is 1. The molecular formula is C26H35ClN2O2. The molecule has 5 heteroatoms. The number of benzene rings is 1. The monoisotopic (exact) mass is 442 g/mol. The van der Waals surface area contributed by atoms with E-state index >= 15 is 0 Å². The molecule has 2 aliphatic heterocycles. The molecule has 0 amide bonds. The van der Waals surface area contributed by atoms with E-state index in [4.69, 9.17) is 16.3 Å². The molecule has 0 unspecified atom stereocenters. The van der Waals surface area contributed by atoms with Gasteiger partial charge in [0.2, 0.25) is 0 Å². The fraction of sp³-hybridized carbons (Fsp3) is 0.654. The summed E-state index contributed by atoms with van der Waals surface area (Å²) < 4.78 is 5.95. The van der Waals surface area contributed by atoms with Gasteiger partial charge in [0.15, 0.2) is 0 Å². The first-order chi connectivity index (χ1) is 14.8. The number of halogens is 1. The number of fused-ring (bicyclic) bond motifs is 2.